The predicted octanol–water partition coefficient (Wildman–Crippen LogP) is 1.27. The zero-order chi connectivity index (χ0) is 12.2. The van der Waals surface area contributed by atoms with E-state index in [9.17, 15) is 8.42 Å². The number of nitrogens with zero attached hydrogens (tertiary/aromatic N) is 1. The summed E-state index contributed by atoms with van der Waals surface area (Å²) in [4.78, 5) is 6.71. The Morgan fingerprint density at radius 2 is 2.31 bits per heavy atom. The summed E-state index contributed by atoms with van der Waals surface area (Å²) in [7, 11) is -3.50. The minimum Gasteiger partial charge on any atom is -0.332 e. The van der Waals surface area contributed by atoms with Crippen molar-refractivity contribution >= 4 is 21.6 Å². The molecule has 0 aromatic carbocycles. The molecule has 16 heavy (non-hydrogen) atoms. The number of halogens is 1. The van der Waals surface area contributed by atoms with Gasteiger partial charge in [0.1, 0.15) is 5.82 Å². The molecule has 1 unspecified atom stereocenters. The highest BCUT2D eigenvalue weighted by atomic mass is 35.5. The third kappa shape index (κ3) is 3.47. The number of aryl methyl sites for hydroxylation is 1. The third-order valence-corrected chi connectivity index (χ3v) is 3.85. The molecule has 1 atom stereocenters. The van der Waals surface area contributed by atoms with Crippen molar-refractivity contribution in [3.05, 3.63) is 12.0 Å². The highest BCUT2D eigenvalue weighted by molar-refractivity contribution is 7.89. The average molecular weight is 266 g/mol. The lowest BCUT2D eigenvalue weighted by molar-refractivity contribution is 0.553. The molecule has 1 rings (SSSR count). The number of rotatable bonds is 6. The van der Waals surface area contributed by atoms with Crippen molar-refractivity contribution < 1.29 is 8.42 Å². The van der Waals surface area contributed by atoms with E-state index < -0.39 is 10.0 Å². The zero-order valence-corrected chi connectivity index (χ0v) is 10.9. The number of aromatic nitrogens is 2. The number of hydrogen-bond acceptors (Lipinski definition) is 3. The van der Waals surface area contributed by atoms with Crippen LogP contribution in [0.3, 0.4) is 0 Å². The van der Waals surface area contributed by atoms with Crippen LogP contribution < -0.4 is 4.72 Å². The number of alkyl halides is 1. The van der Waals surface area contributed by atoms with Crippen LogP contribution in [0, 0.1) is 0 Å². The minimum atomic E-state index is -3.50. The maximum absolute atomic E-state index is 11.8. The minimum absolute atomic E-state index is 0.103. The van der Waals surface area contributed by atoms with Crippen LogP contribution in [0.1, 0.15) is 26.1 Å². The van der Waals surface area contributed by atoms with Gasteiger partial charge >= 0.3 is 0 Å². The van der Waals surface area contributed by atoms with Crippen LogP contribution in [-0.4, -0.2) is 30.3 Å². The molecule has 0 spiro atoms. The van der Waals surface area contributed by atoms with Crippen molar-refractivity contribution in [2.24, 2.45) is 0 Å². The highest BCUT2D eigenvalue weighted by Crippen LogP contribution is 2.07. The monoisotopic (exact) mass is 265 g/mol. The van der Waals surface area contributed by atoms with E-state index in [1.54, 1.807) is 6.92 Å². The summed E-state index contributed by atoms with van der Waals surface area (Å²) in [6.07, 6.45) is 2.59. The molecule has 2 N–H and O–H groups in total. The molecule has 5 nitrogen and oxygen atoms in total. The number of H-pyrrole nitrogens is 1. The molecule has 7 heteroatoms. The van der Waals surface area contributed by atoms with Gasteiger partial charge < -0.3 is 4.98 Å². The highest BCUT2D eigenvalue weighted by Gasteiger charge is 2.19. The topological polar surface area (TPSA) is 74.8 Å². The molecule has 0 saturated carbocycles. The smallest absolute Gasteiger partial charge is 0.257 e. The maximum atomic E-state index is 11.8. The molecular weight excluding hydrogens is 250 g/mol. The van der Waals surface area contributed by atoms with E-state index in [0.717, 1.165) is 0 Å². The van der Waals surface area contributed by atoms with E-state index >= 15 is 0 Å². The first-order valence-electron chi connectivity index (χ1n) is 5.11. The van der Waals surface area contributed by atoms with Crippen molar-refractivity contribution in [2.45, 2.75) is 37.8 Å². The van der Waals surface area contributed by atoms with Crippen LogP contribution in [-0.2, 0) is 16.4 Å². The first kappa shape index (κ1) is 13.5. The molecule has 0 saturated heterocycles. The molecule has 92 valence electrons. The Labute approximate surface area is 101 Å². The van der Waals surface area contributed by atoms with Crippen molar-refractivity contribution in [1.29, 1.82) is 0 Å². The summed E-state index contributed by atoms with van der Waals surface area (Å²) in [5, 5.41) is 0.103. The normalized spacial score (nSPS) is 13.9. The summed E-state index contributed by atoms with van der Waals surface area (Å²) in [6.45, 7) is 3.68. The Morgan fingerprint density at radius 3 is 2.81 bits per heavy atom. The predicted molar refractivity (Wildman–Crippen MR) is 63.1 cm³/mol. The van der Waals surface area contributed by atoms with Crippen LogP contribution in [0.2, 0.25) is 0 Å². The standard InChI is InChI=1S/C9H16ClN3O2S/c1-3-8-11-6-9(12-8)16(14,15)13-7(2)4-5-10/h6-7,13H,3-5H2,1-2H3,(H,11,12). The van der Waals surface area contributed by atoms with E-state index in [4.69, 9.17) is 11.6 Å². The van der Waals surface area contributed by atoms with Gasteiger partial charge in [0.15, 0.2) is 5.03 Å². The number of sulfonamides is 1. The fraction of sp³-hybridized carbons (Fsp3) is 0.667. The molecule has 1 aromatic heterocycles. The van der Waals surface area contributed by atoms with Gasteiger partial charge in [-0.3, -0.25) is 0 Å². The quantitative estimate of drug-likeness (QED) is 0.761. The Hall–Kier alpha value is -0.590. The molecule has 0 fully saturated rings. The van der Waals surface area contributed by atoms with E-state index in [1.165, 1.54) is 6.20 Å². The van der Waals surface area contributed by atoms with Gasteiger partial charge in [0, 0.05) is 18.3 Å². The summed E-state index contributed by atoms with van der Waals surface area (Å²) in [6, 6.07) is -0.184. The number of hydrogen-bond donors (Lipinski definition) is 2. The van der Waals surface area contributed by atoms with Crippen LogP contribution >= 0.6 is 11.6 Å². The maximum Gasteiger partial charge on any atom is 0.257 e. The van der Waals surface area contributed by atoms with Crippen molar-refractivity contribution in [3.8, 4) is 0 Å². The lowest BCUT2D eigenvalue weighted by atomic mass is 10.3. The van der Waals surface area contributed by atoms with Gasteiger partial charge in [0.25, 0.3) is 10.0 Å². The van der Waals surface area contributed by atoms with Crippen LogP contribution in [0.5, 0.6) is 0 Å². The van der Waals surface area contributed by atoms with E-state index in [0.29, 0.717) is 24.5 Å². The summed E-state index contributed by atoms with van der Waals surface area (Å²) in [5.41, 5.74) is 0. The number of nitrogens with one attached hydrogen (secondary N) is 2. The summed E-state index contributed by atoms with van der Waals surface area (Å²) < 4.78 is 26.2. The lowest BCUT2D eigenvalue weighted by Crippen LogP contribution is -2.33. The molecule has 1 heterocycles. The molecular formula is C9H16ClN3O2S. The van der Waals surface area contributed by atoms with Gasteiger partial charge in [-0.15, -0.1) is 11.6 Å². The van der Waals surface area contributed by atoms with Gasteiger partial charge in [0.2, 0.25) is 0 Å². The Morgan fingerprint density at radius 1 is 1.62 bits per heavy atom. The zero-order valence-electron chi connectivity index (χ0n) is 9.33. The van der Waals surface area contributed by atoms with Crippen molar-refractivity contribution in [1.82, 2.24) is 14.7 Å². The van der Waals surface area contributed by atoms with Gasteiger partial charge in [-0.05, 0) is 13.3 Å². The van der Waals surface area contributed by atoms with Gasteiger partial charge in [-0.25, -0.2) is 18.1 Å². The Kier molecular flexibility index (Phi) is 4.76. The largest absolute Gasteiger partial charge is 0.332 e. The summed E-state index contributed by atoms with van der Waals surface area (Å²) in [5.74, 6) is 1.08. The van der Waals surface area contributed by atoms with Crippen LogP contribution in [0.25, 0.3) is 0 Å². The summed E-state index contributed by atoms with van der Waals surface area (Å²) >= 11 is 5.54. The first-order chi connectivity index (χ1) is 7.49. The molecule has 0 aliphatic carbocycles. The van der Waals surface area contributed by atoms with Gasteiger partial charge in [0.05, 0.1) is 6.20 Å². The molecule has 0 aliphatic rings. The van der Waals surface area contributed by atoms with E-state index in [1.807, 2.05) is 6.92 Å². The van der Waals surface area contributed by atoms with E-state index in [-0.39, 0.29) is 11.1 Å². The molecule has 0 aliphatic heterocycles. The molecule has 0 bridgehead atoms. The Balaban J connectivity index is 2.77. The van der Waals surface area contributed by atoms with Crippen LogP contribution in [0.15, 0.2) is 11.2 Å². The van der Waals surface area contributed by atoms with Gasteiger partial charge in [-0.2, -0.15) is 0 Å². The first-order valence-corrected chi connectivity index (χ1v) is 7.13. The number of aromatic amines is 1. The fourth-order valence-corrected chi connectivity index (χ4v) is 2.76. The number of imidazole rings is 1. The van der Waals surface area contributed by atoms with Crippen molar-refractivity contribution in [2.75, 3.05) is 5.88 Å². The second-order valence-electron chi connectivity index (χ2n) is 3.55. The molecule has 1 aromatic rings. The molecule has 0 radical (unpaired) electrons. The second-order valence-corrected chi connectivity index (χ2v) is 5.61. The van der Waals surface area contributed by atoms with Crippen LogP contribution in [0.4, 0.5) is 0 Å². The SMILES string of the molecule is CCc1ncc(S(=O)(=O)NC(C)CCCl)[nH]1. The average Bonchev–Trinajstić information content (AvgIpc) is 2.65. The molecule has 0 amide bonds. The lowest BCUT2D eigenvalue weighted by Gasteiger charge is -2.11. The van der Waals surface area contributed by atoms with E-state index in [2.05, 4.69) is 14.7 Å². The van der Waals surface area contributed by atoms with Crippen molar-refractivity contribution in [3.63, 3.8) is 0 Å². The third-order valence-electron chi connectivity index (χ3n) is 2.13. The Bertz CT molecular complexity index is 430. The second kappa shape index (κ2) is 5.65. The van der Waals surface area contributed by atoms with Gasteiger partial charge in [-0.1, -0.05) is 6.92 Å². The fourth-order valence-electron chi connectivity index (χ4n) is 1.21.